The minimum absolute atomic E-state index is 0.0241. The molecule has 0 saturated carbocycles. The Morgan fingerprint density at radius 2 is 1.22 bits per heavy atom. The van der Waals surface area contributed by atoms with Crippen molar-refractivity contribution in [1.29, 1.82) is 0 Å². The number of carbonyl (C=O) groups is 2. The van der Waals surface area contributed by atoms with Crippen molar-refractivity contribution in [3.05, 3.63) is 99.0 Å². The van der Waals surface area contributed by atoms with Gasteiger partial charge in [0.2, 0.25) is 0 Å². The Morgan fingerprint density at radius 1 is 0.750 bits per heavy atom. The number of rotatable bonds is 5. The lowest BCUT2D eigenvalue weighted by Crippen LogP contribution is -2.50. The van der Waals surface area contributed by atoms with Crippen molar-refractivity contribution in [2.24, 2.45) is 0 Å². The molecule has 1 heterocycles. The largest absolute Gasteiger partial charge is 0.489 e. The third kappa shape index (κ3) is 5.50. The van der Waals surface area contributed by atoms with Crippen molar-refractivity contribution in [1.82, 2.24) is 9.80 Å². The molecular formula is C25H22BrClN2O3. The highest BCUT2D eigenvalue weighted by molar-refractivity contribution is 9.10. The molecule has 0 atom stereocenters. The molecule has 1 aliphatic rings. The first-order chi connectivity index (χ1) is 15.5. The molecule has 2 amide bonds. The van der Waals surface area contributed by atoms with Gasteiger partial charge in [-0.25, -0.2) is 0 Å². The third-order valence-corrected chi connectivity index (χ3v) is 6.15. The van der Waals surface area contributed by atoms with E-state index in [9.17, 15) is 9.59 Å². The van der Waals surface area contributed by atoms with Crippen molar-refractivity contribution < 1.29 is 14.3 Å². The van der Waals surface area contributed by atoms with Gasteiger partial charge in [0.05, 0.1) is 0 Å². The SMILES string of the molecule is O=C(c1ccc(Cl)cc1)N1CCN(C(=O)c2ccc(COc3ccc(Br)cc3)cc2)CC1. The molecule has 3 aromatic rings. The third-order valence-electron chi connectivity index (χ3n) is 5.37. The van der Waals surface area contributed by atoms with Gasteiger partial charge in [0.15, 0.2) is 0 Å². The monoisotopic (exact) mass is 512 g/mol. The molecule has 4 rings (SSSR count). The summed E-state index contributed by atoms with van der Waals surface area (Å²) >= 11 is 9.30. The van der Waals surface area contributed by atoms with E-state index in [1.807, 2.05) is 48.5 Å². The van der Waals surface area contributed by atoms with Crippen molar-refractivity contribution in [2.45, 2.75) is 6.61 Å². The van der Waals surface area contributed by atoms with Crippen molar-refractivity contribution in [2.75, 3.05) is 26.2 Å². The van der Waals surface area contributed by atoms with E-state index < -0.39 is 0 Å². The maximum Gasteiger partial charge on any atom is 0.253 e. The number of ether oxygens (including phenoxy) is 1. The van der Waals surface area contributed by atoms with Gasteiger partial charge in [-0.1, -0.05) is 39.7 Å². The van der Waals surface area contributed by atoms with Crippen LogP contribution in [0.4, 0.5) is 0 Å². The summed E-state index contributed by atoms with van der Waals surface area (Å²) in [7, 11) is 0. The van der Waals surface area contributed by atoms with E-state index in [1.165, 1.54) is 0 Å². The zero-order chi connectivity index (χ0) is 22.5. The van der Waals surface area contributed by atoms with Crippen LogP contribution in [0.3, 0.4) is 0 Å². The molecule has 1 fully saturated rings. The normalized spacial score (nSPS) is 13.7. The van der Waals surface area contributed by atoms with Gasteiger partial charge >= 0.3 is 0 Å². The summed E-state index contributed by atoms with van der Waals surface area (Å²) in [4.78, 5) is 29.1. The predicted molar refractivity (Wildman–Crippen MR) is 128 cm³/mol. The summed E-state index contributed by atoms with van der Waals surface area (Å²) in [6.45, 7) is 2.46. The van der Waals surface area contributed by atoms with Crippen LogP contribution in [0.25, 0.3) is 0 Å². The zero-order valence-electron chi connectivity index (χ0n) is 17.3. The Hall–Kier alpha value is -2.83. The lowest BCUT2D eigenvalue weighted by atomic mass is 10.1. The molecule has 0 aromatic heterocycles. The van der Waals surface area contributed by atoms with E-state index in [-0.39, 0.29) is 11.8 Å². The fourth-order valence-electron chi connectivity index (χ4n) is 3.51. The van der Waals surface area contributed by atoms with Crippen molar-refractivity contribution >= 4 is 39.3 Å². The Labute approximate surface area is 200 Å². The van der Waals surface area contributed by atoms with Crippen LogP contribution in [-0.4, -0.2) is 47.8 Å². The van der Waals surface area contributed by atoms with Gasteiger partial charge < -0.3 is 14.5 Å². The molecule has 32 heavy (non-hydrogen) atoms. The van der Waals surface area contributed by atoms with Gasteiger partial charge in [0, 0.05) is 46.8 Å². The number of carbonyl (C=O) groups excluding carboxylic acids is 2. The quantitative estimate of drug-likeness (QED) is 0.466. The van der Waals surface area contributed by atoms with Crippen molar-refractivity contribution in [3.63, 3.8) is 0 Å². The molecule has 164 valence electrons. The smallest absolute Gasteiger partial charge is 0.253 e. The van der Waals surface area contributed by atoms with Gasteiger partial charge in [0.25, 0.3) is 11.8 Å². The molecule has 1 saturated heterocycles. The van der Waals surface area contributed by atoms with Gasteiger partial charge in [0.1, 0.15) is 12.4 Å². The van der Waals surface area contributed by atoms with Gasteiger partial charge in [-0.05, 0) is 66.2 Å². The second-order valence-corrected chi connectivity index (χ2v) is 8.88. The number of hydrogen-bond donors (Lipinski definition) is 0. The van der Waals surface area contributed by atoms with Crippen LogP contribution in [0.1, 0.15) is 26.3 Å². The summed E-state index contributed by atoms with van der Waals surface area (Å²) in [6.07, 6.45) is 0. The average Bonchev–Trinajstić information content (AvgIpc) is 2.84. The van der Waals surface area contributed by atoms with Crippen LogP contribution >= 0.6 is 27.5 Å². The van der Waals surface area contributed by atoms with Crippen LogP contribution in [0.15, 0.2) is 77.3 Å². The highest BCUT2D eigenvalue weighted by Crippen LogP contribution is 2.18. The average molecular weight is 514 g/mol. The van der Waals surface area contributed by atoms with E-state index in [0.717, 1.165) is 15.8 Å². The first-order valence-corrected chi connectivity index (χ1v) is 11.5. The van der Waals surface area contributed by atoms with Gasteiger partial charge in [-0.3, -0.25) is 9.59 Å². The Kier molecular flexibility index (Phi) is 7.12. The molecule has 5 nitrogen and oxygen atoms in total. The first kappa shape index (κ1) is 22.4. The maximum atomic E-state index is 12.9. The molecular weight excluding hydrogens is 492 g/mol. The molecule has 0 unspecified atom stereocenters. The highest BCUT2D eigenvalue weighted by atomic mass is 79.9. The number of hydrogen-bond acceptors (Lipinski definition) is 3. The Bertz CT molecular complexity index is 1080. The Balaban J connectivity index is 1.29. The number of piperazine rings is 1. The van der Waals surface area contributed by atoms with Crippen LogP contribution in [0, 0.1) is 0 Å². The number of benzene rings is 3. The van der Waals surface area contributed by atoms with E-state index >= 15 is 0 Å². The highest BCUT2D eigenvalue weighted by Gasteiger charge is 2.25. The predicted octanol–water partition coefficient (Wildman–Crippen LogP) is 5.28. The Morgan fingerprint density at radius 3 is 1.72 bits per heavy atom. The minimum Gasteiger partial charge on any atom is -0.489 e. The van der Waals surface area contributed by atoms with Crippen LogP contribution in [-0.2, 0) is 6.61 Å². The molecule has 0 bridgehead atoms. The van der Waals surface area contributed by atoms with Gasteiger partial charge in [-0.15, -0.1) is 0 Å². The second-order valence-electron chi connectivity index (χ2n) is 7.53. The standard InChI is InChI=1S/C25H22BrClN2O3/c26-21-7-11-23(12-8-21)32-17-18-1-3-19(4-2-18)24(30)28-13-15-29(16-14-28)25(31)20-5-9-22(27)10-6-20/h1-12H,13-17H2. The molecule has 7 heteroatoms. The van der Waals surface area contributed by atoms with E-state index in [4.69, 9.17) is 16.3 Å². The van der Waals surface area contributed by atoms with E-state index in [2.05, 4.69) is 15.9 Å². The lowest BCUT2D eigenvalue weighted by molar-refractivity contribution is 0.0535. The molecule has 0 N–H and O–H groups in total. The minimum atomic E-state index is -0.0381. The molecule has 3 aromatic carbocycles. The van der Waals surface area contributed by atoms with Crippen LogP contribution < -0.4 is 4.74 Å². The topological polar surface area (TPSA) is 49.9 Å². The van der Waals surface area contributed by atoms with E-state index in [0.29, 0.717) is 48.9 Å². The number of halogens is 2. The van der Waals surface area contributed by atoms with Gasteiger partial charge in [-0.2, -0.15) is 0 Å². The molecule has 0 radical (unpaired) electrons. The number of amides is 2. The lowest BCUT2D eigenvalue weighted by Gasteiger charge is -2.35. The maximum absolute atomic E-state index is 12.9. The summed E-state index contributed by atoms with van der Waals surface area (Å²) in [5.41, 5.74) is 2.23. The number of nitrogens with zero attached hydrogens (tertiary/aromatic N) is 2. The molecule has 1 aliphatic heterocycles. The molecule has 0 aliphatic carbocycles. The first-order valence-electron chi connectivity index (χ1n) is 10.3. The van der Waals surface area contributed by atoms with Crippen molar-refractivity contribution in [3.8, 4) is 5.75 Å². The van der Waals surface area contributed by atoms with Crippen LogP contribution in [0.2, 0.25) is 5.02 Å². The summed E-state index contributed by atoms with van der Waals surface area (Å²) in [6, 6.07) is 22.0. The van der Waals surface area contributed by atoms with E-state index in [1.54, 1.807) is 34.1 Å². The summed E-state index contributed by atoms with van der Waals surface area (Å²) in [5, 5.41) is 0.600. The fourth-order valence-corrected chi connectivity index (χ4v) is 3.90. The molecule has 0 spiro atoms. The zero-order valence-corrected chi connectivity index (χ0v) is 19.7. The summed E-state index contributed by atoms with van der Waals surface area (Å²) in [5.74, 6) is 0.729. The second kappa shape index (κ2) is 10.2. The fraction of sp³-hybridized carbons (Fsp3) is 0.200. The van der Waals surface area contributed by atoms with Crippen LogP contribution in [0.5, 0.6) is 5.75 Å². The summed E-state index contributed by atoms with van der Waals surface area (Å²) < 4.78 is 6.78.